The molecule has 168 valence electrons. The average molecular weight is 522 g/mol. The van der Waals surface area contributed by atoms with Crippen molar-refractivity contribution in [1.29, 1.82) is 0 Å². The second-order valence-corrected chi connectivity index (χ2v) is 8.19. The number of aromatic nitrogens is 2. The molecule has 0 aliphatic carbocycles. The highest BCUT2D eigenvalue weighted by atomic mass is 127. The molecule has 0 saturated heterocycles. The average Bonchev–Trinajstić information content (AvgIpc) is 2.79. The van der Waals surface area contributed by atoms with E-state index in [0.29, 0.717) is 13.1 Å². The van der Waals surface area contributed by atoms with Gasteiger partial charge in [-0.15, -0.1) is 24.0 Å². The van der Waals surface area contributed by atoms with Crippen molar-refractivity contribution >= 4 is 36.0 Å². The first-order chi connectivity index (χ1) is 12.9. The zero-order valence-corrected chi connectivity index (χ0v) is 21.7. The Morgan fingerprint density at radius 2 is 1.97 bits per heavy atom. The van der Waals surface area contributed by atoms with Gasteiger partial charge in [0.2, 0.25) is 0 Å². The number of nitrogens with one attached hydrogen (secondary N) is 2. The van der Waals surface area contributed by atoms with Crippen LogP contribution in [0.25, 0.3) is 0 Å². The van der Waals surface area contributed by atoms with Gasteiger partial charge in [-0.25, -0.2) is 4.79 Å². The van der Waals surface area contributed by atoms with Crippen LogP contribution in [0.4, 0.5) is 4.79 Å². The number of ether oxygens (including phenoxy) is 1. The Morgan fingerprint density at radius 1 is 1.34 bits per heavy atom. The highest BCUT2D eigenvalue weighted by molar-refractivity contribution is 14.0. The van der Waals surface area contributed by atoms with Crippen LogP contribution in [0.15, 0.2) is 4.99 Å². The number of carbonyl (C=O) groups excluding carboxylic acids is 1. The fourth-order valence-corrected chi connectivity index (χ4v) is 2.77. The summed E-state index contributed by atoms with van der Waals surface area (Å²) in [6, 6.07) is 0.197. The number of carbonyl (C=O) groups is 1. The largest absolute Gasteiger partial charge is 0.444 e. The molecule has 1 atom stereocenters. The van der Waals surface area contributed by atoms with Crippen molar-refractivity contribution in [1.82, 2.24) is 25.3 Å². The summed E-state index contributed by atoms with van der Waals surface area (Å²) in [5.74, 6) is 0.742. The van der Waals surface area contributed by atoms with Gasteiger partial charge in [-0.1, -0.05) is 0 Å². The highest BCUT2D eigenvalue weighted by Crippen LogP contribution is 2.14. The van der Waals surface area contributed by atoms with Crippen molar-refractivity contribution in [2.24, 2.45) is 12.0 Å². The maximum atomic E-state index is 12.0. The van der Waals surface area contributed by atoms with E-state index in [1.807, 2.05) is 46.3 Å². The van der Waals surface area contributed by atoms with Gasteiger partial charge < -0.3 is 20.3 Å². The van der Waals surface area contributed by atoms with E-state index >= 15 is 0 Å². The third-order valence-corrected chi connectivity index (χ3v) is 4.31. The number of guanidine groups is 1. The Morgan fingerprint density at radius 3 is 2.45 bits per heavy atom. The van der Waals surface area contributed by atoms with E-state index in [-0.39, 0.29) is 36.1 Å². The predicted molar refractivity (Wildman–Crippen MR) is 129 cm³/mol. The minimum atomic E-state index is -0.497. The molecular weight excluding hydrogens is 483 g/mol. The number of amides is 1. The van der Waals surface area contributed by atoms with E-state index in [0.717, 1.165) is 24.6 Å². The molecule has 0 saturated carbocycles. The van der Waals surface area contributed by atoms with Crippen LogP contribution < -0.4 is 10.6 Å². The van der Waals surface area contributed by atoms with Crippen molar-refractivity contribution in [2.75, 3.05) is 26.7 Å². The van der Waals surface area contributed by atoms with Gasteiger partial charge in [0.25, 0.3) is 0 Å². The summed E-state index contributed by atoms with van der Waals surface area (Å²) in [7, 11) is 3.69. The van der Waals surface area contributed by atoms with Crippen molar-refractivity contribution in [3.8, 4) is 0 Å². The molecule has 0 radical (unpaired) electrons. The van der Waals surface area contributed by atoms with Gasteiger partial charge in [0.05, 0.1) is 12.2 Å². The Hall–Kier alpha value is -1.52. The van der Waals surface area contributed by atoms with E-state index in [9.17, 15) is 4.79 Å². The highest BCUT2D eigenvalue weighted by Gasteiger charge is 2.19. The summed E-state index contributed by atoms with van der Waals surface area (Å²) in [5.41, 5.74) is 3.02. The minimum absolute atomic E-state index is 0. The van der Waals surface area contributed by atoms with Crippen molar-refractivity contribution < 1.29 is 9.53 Å². The van der Waals surface area contributed by atoms with Gasteiger partial charge in [0.15, 0.2) is 5.96 Å². The summed E-state index contributed by atoms with van der Waals surface area (Å²) in [4.78, 5) is 18.2. The van der Waals surface area contributed by atoms with Gasteiger partial charge in [-0.2, -0.15) is 5.10 Å². The maximum Gasteiger partial charge on any atom is 0.410 e. The van der Waals surface area contributed by atoms with Crippen LogP contribution in [0, 0.1) is 13.8 Å². The number of hydrogen-bond acceptors (Lipinski definition) is 4. The lowest BCUT2D eigenvalue weighted by molar-refractivity contribution is 0.0304. The van der Waals surface area contributed by atoms with E-state index in [1.54, 1.807) is 11.9 Å². The summed E-state index contributed by atoms with van der Waals surface area (Å²) >= 11 is 0. The molecule has 1 unspecified atom stereocenters. The van der Waals surface area contributed by atoms with Crippen LogP contribution in [-0.4, -0.2) is 65.1 Å². The van der Waals surface area contributed by atoms with Gasteiger partial charge in [0.1, 0.15) is 5.60 Å². The molecule has 1 aromatic rings. The molecule has 1 amide bonds. The monoisotopic (exact) mass is 522 g/mol. The SMILES string of the molecule is CCNC(=NCCN(C)C(=O)OC(C)(C)C)NC(C)Cc1c(C)nn(C)c1C.I. The molecule has 8 nitrogen and oxygen atoms in total. The maximum absolute atomic E-state index is 12.0. The minimum Gasteiger partial charge on any atom is -0.444 e. The quantitative estimate of drug-likeness (QED) is 0.327. The molecule has 1 aromatic heterocycles. The first-order valence-electron chi connectivity index (χ1n) is 9.92. The number of hydrogen-bond donors (Lipinski definition) is 2. The van der Waals surface area contributed by atoms with Crippen LogP contribution in [0.1, 0.15) is 51.6 Å². The van der Waals surface area contributed by atoms with E-state index < -0.39 is 5.60 Å². The van der Waals surface area contributed by atoms with Crippen LogP contribution in [0.5, 0.6) is 0 Å². The molecule has 29 heavy (non-hydrogen) atoms. The molecular formula is C20H39IN6O2. The molecule has 9 heteroatoms. The summed E-state index contributed by atoms with van der Waals surface area (Å²) in [5, 5.41) is 11.2. The van der Waals surface area contributed by atoms with E-state index in [4.69, 9.17) is 4.74 Å². The van der Waals surface area contributed by atoms with Crippen LogP contribution in [-0.2, 0) is 18.2 Å². The zero-order chi connectivity index (χ0) is 21.5. The molecule has 1 rings (SSSR count). The second kappa shape index (κ2) is 12.2. The summed E-state index contributed by atoms with van der Waals surface area (Å²) in [6.45, 7) is 15.6. The van der Waals surface area contributed by atoms with E-state index in [1.165, 1.54) is 11.3 Å². The number of aliphatic imine (C=N–C) groups is 1. The Kier molecular flexibility index (Phi) is 11.6. The third-order valence-electron chi connectivity index (χ3n) is 4.31. The first kappa shape index (κ1) is 27.5. The summed E-state index contributed by atoms with van der Waals surface area (Å²) < 4.78 is 7.28. The fraction of sp³-hybridized carbons (Fsp3) is 0.750. The van der Waals surface area contributed by atoms with Crippen LogP contribution in [0.2, 0.25) is 0 Å². The molecule has 2 N–H and O–H groups in total. The predicted octanol–water partition coefficient (Wildman–Crippen LogP) is 3.01. The number of nitrogens with zero attached hydrogens (tertiary/aromatic N) is 4. The smallest absolute Gasteiger partial charge is 0.410 e. The molecule has 0 aliphatic rings. The molecule has 1 heterocycles. The topological polar surface area (TPSA) is 83.8 Å². The molecule has 0 bridgehead atoms. The standard InChI is InChI=1S/C20H38N6O2.HI/c1-10-21-18(22-11-12-25(8)19(27)28-20(5,6)7)23-14(2)13-17-15(3)24-26(9)16(17)4;/h14H,10-13H2,1-9H3,(H2,21,22,23);1H. The van der Waals surface area contributed by atoms with Crippen molar-refractivity contribution in [3.63, 3.8) is 0 Å². The first-order valence-corrected chi connectivity index (χ1v) is 9.92. The lowest BCUT2D eigenvalue weighted by Crippen LogP contribution is -2.43. The van der Waals surface area contributed by atoms with Gasteiger partial charge in [0, 0.05) is 38.9 Å². The van der Waals surface area contributed by atoms with E-state index in [2.05, 4.69) is 34.6 Å². The van der Waals surface area contributed by atoms with Gasteiger partial charge >= 0.3 is 6.09 Å². The normalized spacial score (nSPS) is 12.8. The second-order valence-electron chi connectivity index (χ2n) is 8.19. The van der Waals surface area contributed by atoms with Crippen LogP contribution >= 0.6 is 24.0 Å². The lowest BCUT2D eigenvalue weighted by atomic mass is 10.1. The number of likely N-dealkylation sites (N-methyl/N-ethyl adjacent to an activating group) is 1. The number of halogens is 1. The van der Waals surface area contributed by atoms with Crippen LogP contribution in [0.3, 0.4) is 0 Å². The van der Waals surface area contributed by atoms with Crippen molar-refractivity contribution in [2.45, 2.75) is 66.5 Å². The molecule has 0 aliphatic heterocycles. The fourth-order valence-electron chi connectivity index (χ4n) is 2.77. The molecule has 0 spiro atoms. The van der Waals surface area contributed by atoms with Gasteiger partial charge in [-0.05, 0) is 60.5 Å². The number of aryl methyl sites for hydroxylation is 2. The zero-order valence-electron chi connectivity index (χ0n) is 19.4. The molecule has 0 aromatic carbocycles. The summed E-state index contributed by atoms with van der Waals surface area (Å²) in [6.07, 6.45) is 0.532. The number of rotatable bonds is 7. The molecule has 0 fully saturated rings. The lowest BCUT2D eigenvalue weighted by Gasteiger charge is -2.24. The Labute approximate surface area is 192 Å². The Bertz CT molecular complexity index is 681. The van der Waals surface area contributed by atoms with Crippen molar-refractivity contribution in [3.05, 3.63) is 17.0 Å². The van der Waals surface area contributed by atoms with Gasteiger partial charge in [-0.3, -0.25) is 9.67 Å². The third kappa shape index (κ3) is 9.68. The Balaban J connectivity index is 0.00000784.